The van der Waals surface area contributed by atoms with Crippen LogP contribution in [0.3, 0.4) is 0 Å². The van der Waals surface area contributed by atoms with Gasteiger partial charge in [-0.05, 0) is 37.1 Å². The Balaban J connectivity index is 2.25. The first kappa shape index (κ1) is 13.0. The van der Waals surface area contributed by atoms with Crippen LogP contribution in [0.2, 0.25) is 0 Å². The van der Waals surface area contributed by atoms with E-state index in [0.717, 1.165) is 0 Å². The van der Waals surface area contributed by atoms with Crippen LogP contribution in [-0.4, -0.2) is 23.5 Å². The third-order valence-electron chi connectivity index (χ3n) is 2.28. The minimum atomic E-state index is -0.810. The average Bonchev–Trinajstić information content (AvgIpc) is 2.29. The van der Waals surface area contributed by atoms with E-state index in [1.165, 1.54) is 0 Å². The predicted molar refractivity (Wildman–Crippen MR) is 64.7 cm³/mol. The first-order valence-electron chi connectivity index (χ1n) is 5.45. The Morgan fingerprint density at radius 3 is 2.41 bits per heavy atom. The summed E-state index contributed by atoms with van der Waals surface area (Å²) < 4.78 is 0. The van der Waals surface area contributed by atoms with Crippen molar-refractivity contribution in [1.29, 1.82) is 0 Å². The monoisotopic (exact) mass is 236 g/mol. The van der Waals surface area contributed by atoms with Crippen molar-refractivity contribution in [2.24, 2.45) is 0 Å². The lowest BCUT2D eigenvalue weighted by molar-refractivity contribution is -0.137. The fourth-order valence-electron chi connectivity index (χ4n) is 1.34. The van der Waals surface area contributed by atoms with Gasteiger partial charge in [0.05, 0.1) is 0 Å². The molecule has 0 aliphatic carbocycles. The van der Waals surface area contributed by atoms with E-state index >= 15 is 0 Å². The van der Waals surface area contributed by atoms with E-state index in [9.17, 15) is 9.59 Å². The number of rotatable bonds is 6. The van der Waals surface area contributed by atoms with E-state index in [-0.39, 0.29) is 12.3 Å². The van der Waals surface area contributed by atoms with Crippen molar-refractivity contribution in [3.05, 3.63) is 29.8 Å². The standard InChI is InChI=1S/C12H16N2O3/c13-10-6-4-9(5-7-10)12(17)14-8-2-1-3-11(15)16/h4-7H,1-3,8,13H2,(H,14,17)(H,15,16). The summed E-state index contributed by atoms with van der Waals surface area (Å²) in [5, 5.41) is 11.1. The molecule has 0 saturated heterocycles. The number of hydrogen-bond donors (Lipinski definition) is 3. The molecule has 0 spiro atoms. The zero-order chi connectivity index (χ0) is 12.7. The van der Waals surface area contributed by atoms with Crippen LogP contribution in [0.15, 0.2) is 24.3 Å². The molecule has 17 heavy (non-hydrogen) atoms. The third-order valence-corrected chi connectivity index (χ3v) is 2.28. The molecule has 4 N–H and O–H groups in total. The van der Waals surface area contributed by atoms with Gasteiger partial charge in [0.2, 0.25) is 0 Å². The molecule has 0 bridgehead atoms. The third kappa shape index (κ3) is 5.01. The van der Waals surface area contributed by atoms with Crippen molar-refractivity contribution >= 4 is 17.6 Å². The largest absolute Gasteiger partial charge is 0.481 e. The fraction of sp³-hybridized carbons (Fsp3) is 0.333. The lowest BCUT2D eigenvalue weighted by Crippen LogP contribution is -2.24. The maximum absolute atomic E-state index is 11.6. The highest BCUT2D eigenvalue weighted by Crippen LogP contribution is 2.05. The fourth-order valence-corrected chi connectivity index (χ4v) is 1.34. The second-order valence-electron chi connectivity index (χ2n) is 3.73. The smallest absolute Gasteiger partial charge is 0.303 e. The summed E-state index contributed by atoms with van der Waals surface area (Å²) in [6, 6.07) is 6.64. The summed E-state index contributed by atoms with van der Waals surface area (Å²) in [5.41, 5.74) is 6.67. The molecule has 1 aromatic rings. The molecule has 5 nitrogen and oxygen atoms in total. The summed E-state index contributed by atoms with van der Waals surface area (Å²) in [7, 11) is 0. The maximum atomic E-state index is 11.6. The molecule has 0 atom stereocenters. The van der Waals surface area contributed by atoms with E-state index in [1.807, 2.05) is 0 Å². The summed E-state index contributed by atoms with van der Waals surface area (Å²) in [6.45, 7) is 0.483. The number of carbonyl (C=O) groups excluding carboxylic acids is 1. The van der Waals surface area contributed by atoms with Crippen LogP contribution in [0.5, 0.6) is 0 Å². The lowest BCUT2D eigenvalue weighted by atomic mass is 10.2. The van der Waals surface area contributed by atoms with E-state index in [1.54, 1.807) is 24.3 Å². The highest BCUT2D eigenvalue weighted by atomic mass is 16.4. The number of nitrogen functional groups attached to an aromatic ring is 1. The van der Waals surface area contributed by atoms with Gasteiger partial charge in [0, 0.05) is 24.2 Å². The molecule has 0 unspecified atom stereocenters. The molecule has 0 aliphatic heterocycles. The molecule has 0 aliphatic rings. The first-order chi connectivity index (χ1) is 8.09. The van der Waals surface area contributed by atoms with Crippen LogP contribution < -0.4 is 11.1 Å². The Bertz CT molecular complexity index is 387. The summed E-state index contributed by atoms with van der Waals surface area (Å²) in [4.78, 5) is 21.8. The minimum Gasteiger partial charge on any atom is -0.481 e. The van der Waals surface area contributed by atoms with Crippen LogP contribution in [0.1, 0.15) is 29.6 Å². The zero-order valence-corrected chi connectivity index (χ0v) is 9.48. The van der Waals surface area contributed by atoms with Crippen molar-refractivity contribution in [2.45, 2.75) is 19.3 Å². The zero-order valence-electron chi connectivity index (χ0n) is 9.48. The number of unbranched alkanes of at least 4 members (excludes halogenated alkanes) is 1. The van der Waals surface area contributed by atoms with Crippen LogP contribution in [0, 0.1) is 0 Å². The highest BCUT2D eigenvalue weighted by molar-refractivity contribution is 5.94. The number of carboxylic acids is 1. The van der Waals surface area contributed by atoms with Crippen molar-refractivity contribution in [3.63, 3.8) is 0 Å². The highest BCUT2D eigenvalue weighted by Gasteiger charge is 2.04. The van der Waals surface area contributed by atoms with Gasteiger partial charge in [-0.1, -0.05) is 0 Å². The molecule has 1 aromatic carbocycles. The van der Waals surface area contributed by atoms with Gasteiger partial charge in [-0.2, -0.15) is 0 Å². The second kappa shape index (κ2) is 6.52. The molecular weight excluding hydrogens is 220 g/mol. The molecule has 0 saturated carbocycles. The van der Waals surface area contributed by atoms with Gasteiger partial charge in [0.1, 0.15) is 0 Å². The minimum absolute atomic E-state index is 0.137. The molecule has 0 fully saturated rings. The normalized spacial score (nSPS) is 9.88. The number of nitrogens with one attached hydrogen (secondary N) is 1. The number of nitrogens with two attached hydrogens (primary N) is 1. The van der Waals surface area contributed by atoms with Gasteiger partial charge in [0.25, 0.3) is 5.91 Å². The lowest BCUT2D eigenvalue weighted by Gasteiger charge is -2.04. The summed E-state index contributed by atoms with van der Waals surface area (Å²) in [5.74, 6) is -0.977. The van der Waals surface area contributed by atoms with Gasteiger partial charge in [0.15, 0.2) is 0 Å². The molecule has 1 amide bonds. The summed E-state index contributed by atoms with van der Waals surface area (Å²) in [6.07, 6.45) is 1.36. The van der Waals surface area contributed by atoms with Gasteiger partial charge >= 0.3 is 5.97 Å². The van der Waals surface area contributed by atoms with Crippen LogP contribution >= 0.6 is 0 Å². The topological polar surface area (TPSA) is 92.4 Å². The Kier molecular flexibility index (Phi) is 5.00. The van der Waals surface area contributed by atoms with Crippen LogP contribution in [-0.2, 0) is 4.79 Å². The maximum Gasteiger partial charge on any atom is 0.303 e. The molecule has 0 aromatic heterocycles. The Labute approximate surface area is 99.6 Å². The Hall–Kier alpha value is -2.04. The Morgan fingerprint density at radius 1 is 1.18 bits per heavy atom. The molecule has 1 rings (SSSR count). The van der Waals surface area contributed by atoms with Crippen LogP contribution in [0.25, 0.3) is 0 Å². The molecular formula is C12H16N2O3. The quantitative estimate of drug-likeness (QED) is 0.512. The molecule has 92 valence electrons. The SMILES string of the molecule is Nc1ccc(C(=O)NCCCCC(=O)O)cc1. The van der Waals surface area contributed by atoms with Crippen molar-refractivity contribution in [2.75, 3.05) is 12.3 Å². The number of amides is 1. The molecule has 5 heteroatoms. The molecule has 0 heterocycles. The second-order valence-corrected chi connectivity index (χ2v) is 3.73. The summed E-state index contributed by atoms with van der Waals surface area (Å²) >= 11 is 0. The number of aliphatic carboxylic acids is 1. The van der Waals surface area contributed by atoms with Crippen molar-refractivity contribution < 1.29 is 14.7 Å². The predicted octanol–water partition coefficient (Wildman–Crippen LogP) is 1.25. The van der Waals surface area contributed by atoms with Gasteiger partial charge in [-0.25, -0.2) is 0 Å². The van der Waals surface area contributed by atoms with Crippen molar-refractivity contribution in [1.82, 2.24) is 5.32 Å². The Morgan fingerprint density at radius 2 is 1.82 bits per heavy atom. The number of carbonyl (C=O) groups is 2. The average molecular weight is 236 g/mol. The van der Waals surface area contributed by atoms with Crippen LogP contribution in [0.4, 0.5) is 5.69 Å². The van der Waals surface area contributed by atoms with Gasteiger partial charge in [-0.15, -0.1) is 0 Å². The first-order valence-corrected chi connectivity index (χ1v) is 5.45. The van der Waals surface area contributed by atoms with E-state index in [0.29, 0.717) is 30.6 Å². The van der Waals surface area contributed by atoms with E-state index < -0.39 is 5.97 Å². The van der Waals surface area contributed by atoms with E-state index in [2.05, 4.69) is 5.32 Å². The molecule has 0 radical (unpaired) electrons. The van der Waals surface area contributed by atoms with Gasteiger partial charge < -0.3 is 16.2 Å². The number of carboxylic acid groups (broad SMARTS) is 1. The van der Waals surface area contributed by atoms with Gasteiger partial charge in [-0.3, -0.25) is 9.59 Å². The van der Waals surface area contributed by atoms with Crippen molar-refractivity contribution in [3.8, 4) is 0 Å². The number of benzene rings is 1. The number of hydrogen-bond acceptors (Lipinski definition) is 3. The van der Waals surface area contributed by atoms with E-state index in [4.69, 9.17) is 10.8 Å². The number of anilines is 1.